The van der Waals surface area contributed by atoms with Crippen molar-refractivity contribution in [3.63, 3.8) is 0 Å². The van der Waals surface area contributed by atoms with E-state index in [9.17, 15) is 4.79 Å². The summed E-state index contributed by atoms with van der Waals surface area (Å²) in [5, 5.41) is 3.15. The first kappa shape index (κ1) is 17.3. The first-order valence-electron chi connectivity index (χ1n) is 9.47. The van der Waals surface area contributed by atoms with Crippen molar-refractivity contribution in [1.82, 2.24) is 0 Å². The van der Waals surface area contributed by atoms with E-state index in [1.807, 2.05) is 72.8 Å². The van der Waals surface area contributed by atoms with Gasteiger partial charge in [-0.1, -0.05) is 73.5 Å². The SMILES string of the molecule is O=C(Nc1ccccc1Oc1ccccc1)C1(c2ccccc2)CCCC1. The Hall–Kier alpha value is -3.07. The van der Waals surface area contributed by atoms with Crippen LogP contribution in [0.5, 0.6) is 11.5 Å². The molecule has 136 valence electrons. The van der Waals surface area contributed by atoms with E-state index >= 15 is 0 Å². The lowest BCUT2D eigenvalue weighted by atomic mass is 9.78. The lowest BCUT2D eigenvalue weighted by molar-refractivity contribution is -0.121. The van der Waals surface area contributed by atoms with Crippen molar-refractivity contribution in [1.29, 1.82) is 0 Å². The molecule has 3 heteroatoms. The fourth-order valence-electron chi connectivity index (χ4n) is 3.90. The highest BCUT2D eigenvalue weighted by Gasteiger charge is 2.42. The molecular formula is C24H23NO2. The molecule has 3 aromatic carbocycles. The molecule has 0 aromatic heterocycles. The number of hydrogen-bond donors (Lipinski definition) is 1. The van der Waals surface area contributed by atoms with Crippen LogP contribution in [0.15, 0.2) is 84.9 Å². The molecule has 0 bridgehead atoms. The molecule has 0 radical (unpaired) electrons. The van der Waals surface area contributed by atoms with Crippen molar-refractivity contribution < 1.29 is 9.53 Å². The van der Waals surface area contributed by atoms with Crippen LogP contribution in [0.2, 0.25) is 0 Å². The van der Waals surface area contributed by atoms with Crippen LogP contribution in [-0.4, -0.2) is 5.91 Å². The molecule has 4 rings (SSSR count). The second-order valence-corrected chi connectivity index (χ2v) is 7.02. The number of nitrogens with one attached hydrogen (secondary N) is 1. The summed E-state index contributed by atoms with van der Waals surface area (Å²) in [7, 11) is 0. The minimum Gasteiger partial charge on any atom is -0.455 e. The summed E-state index contributed by atoms with van der Waals surface area (Å²) < 4.78 is 6.00. The number of benzene rings is 3. The Kier molecular flexibility index (Phi) is 4.93. The molecule has 1 aliphatic rings. The zero-order chi connectivity index (χ0) is 18.5. The predicted molar refractivity (Wildman–Crippen MR) is 108 cm³/mol. The Morgan fingerprint density at radius 1 is 0.778 bits per heavy atom. The Morgan fingerprint density at radius 3 is 2.07 bits per heavy atom. The van der Waals surface area contributed by atoms with Crippen LogP contribution in [0.4, 0.5) is 5.69 Å². The van der Waals surface area contributed by atoms with Gasteiger partial charge in [-0.2, -0.15) is 0 Å². The van der Waals surface area contributed by atoms with E-state index in [1.54, 1.807) is 0 Å². The first-order valence-corrected chi connectivity index (χ1v) is 9.47. The van der Waals surface area contributed by atoms with Gasteiger partial charge in [0.25, 0.3) is 0 Å². The second-order valence-electron chi connectivity index (χ2n) is 7.02. The Balaban J connectivity index is 1.61. The molecule has 27 heavy (non-hydrogen) atoms. The summed E-state index contributed by atoms with van der Waals surface area (Å²) in [6.45, 7) is 0. The van der Waals surface area contributed by atoms with Crippen LogP contribution < -0.4 is 10.1 Å². The monoisotopic (exact) mass is 357 g/mol. The van der Waals surface area contributed by atoms with Gasteiger partial charge in [-0.05, 0) is 42.7 Å². The fourth-order valence-corrected chi connectivity index (χ4v) is 3.90. The van der Waals surface area contributed by atoms with Crippen LogP contribution in [0.3, 0.4) is 0 Å². The molecule has 0 saturated heterocycles. The molecule has 1 fully saturated rings. The minimum absolute atomic E-state index is 0.0512. The predicted octanol–water partition coefficient (Wildman–Crippen LogP) is 5.93. The van der Waals surface area contributed by atoms with Crippen molar-refractivity contribution >= 4 is 11.6 Å². The summed E-state index contributed by atoms with van der Waals surface area (Å²) in [5.74, 6) is 1.45. The van der Waals surface area contributed by atoms with Gasteiger partial charge in [0.15, 0.2) is 5.75 Å². The second kappa shape index (κ2) is 7.67. The first-order chi connectivity index (χ1) is 13.3. The number of rotatable bonds is 5. The normalized spacial score (nSPS) is 15.3. The average molecular weight is 357 g/mol. The summed E-state index contributed by atoms with van der Waals surface area (Å²) in [4.78, 5) is 13.4. The maximum Gasteiger partial charge on any atom is 0.235 e. The minimum atomic E-state index is -0.457. The smallest absolute Gasteiger partial charge is 0.235 e. The van der Waals surface area contributed by atoms with Gasteiger partial charge in [-0.3, -0.25) is 4.79 Å². The topological polar surface area (TPSA) is 38.3 Å². The molecule has 0 spiro atoms. The van der Waals surface area contributed by atoms with E-state index in [-0.39, 0.29) is 5.91 Å². The van der Waals surface area contributed by atoms with E-state index in [4.69, 9.17) is 4.74 Å². The Labute approximate surface area is 160 Å². The van der Waals surface area contributed by atoms with Crippen LogP contribution in [0.25, 0.3) is 0 Å². The molecular weight excluding hydrogens is 334 g/mol. The van der Waals surface area contributed by atoms with Gasteiger partial charge < -0.3 is 10.1 Å². The number of amides is 1. The third-order valence-corrected chi connectivity index (χ3v) is 5.32. The number of carbonyl (C=O) groups excluding carboxylic acids is 1. The molecule has 1 aliphatic carbocycles. The fraction of sp³-hybridized carbons (Fsp3) is 0.208. The quantitative estimate of drug-likeness (QED) is 0.614. The van der Waals surface area contributed by atoms with Gasteiger partial charge in [-0.15, -0.1) is 0 Å². The van der Waals surface area contributed by atoms with Gasteiger partial charge >= 0.3 is 0 Å². The van der Waals surface area contributed by atoms with Crippen molar-refractivity contribution in [3.05, 3.63) is 90.5 Å². The number of para-hydroxylation sites is 3. The van der Waals surface area contributed by atoms with Crippen molar-refractivity contribution in [2.24, 2.45) is 0 Å². The molecule has 0 aliphatic heterocycles. The van der Waals surface area contributed by atoms with E-state index in [0.29, 0.717) is 11.4 Å². The van der Waals surface area contributed by atoms with E-state index in [2.05, 4.69) is 17.4 Å². The third kappa shape index (κ3) is 3.59. The van der Waals surface area contributed by atoms with Gasteiger partial charge in [0.05, 0.1) is 11.1 Å². The zero-order valence-corrected chi connectivity index (χ0v) is 15.2. The standard InChI is InChI=1S/C24H23NO2/c26-23(24(17-9-10-18-24)19-11-3-1-4-12-19)25-21-15-7-8-16-22(21)27-20-13-5-2-6-14-20/h1-8,11-16H,9-10,17-18H2,(H,25,26). The molecule has 3 aromatic rings. The molecule has 0 unspecified atom stereocenters. The summed E-state index contributed by atoms with van der Waals surface area (Å²) >= 11 is 0. The number of carbonyl (C=O) groups is 1. The van der Waals surface area contributed by atoms with Gasteiger partial charge in [0.1, 0.15) is 5.75 Å². The Morgan fingerprint density at radius 2 is 1.37 bits per heavy atom. The molecule has 0 heterocycles. The molecule has 3 nitrogen and oxygen atoms in total. The highest BCUT2D eigenvalue weighted by molar-refractivity contribution is 6.00. The Bertz CT molecular complexity index is 900. The summed E-state index contributed by atoms with van der Waals surface area (Å²) in [6.07, 6.45) is 3.91. The molecule has 1 amide bonds. The maximum absolute atomic E-state index is 13.4. The molecule has 1 N–H and O–H groups in total. The van der Waals surface area contributed by atoms with Gasteiger partial charge in [-0.25, -0.2) is 0 Å². The highest BCUT2D eigenvalue weighted by atomic mass is 16.5. The lowest BCUT2D eigenvalue weighted by Crippen LogP contribution is -2.38. The van der Waals surface area contributed by atoms with Gasteiger partial charge in [0.2, 0.25) is 5.91 Å². The third-order valence-electron chi connectivity index (χ3n) is 5.32. The summed E-state index contributed by atoms with van der Waals surface area (Å²) in [6, 6.07) is 27.4. The maximum atomic E-state index is 13.4. The number of hydrogen-bond acceptors (Lipinski definition) is 2. The average Bonchev–Trinajstić information content (AvgIpc) is 3.22. The number of anilines is 1. The van der Waals surface area contributed by atoms with Crippen molar-refractivity contribution in [2.45, 2.75) is 31.1 Å². The van der Waals surface area contributed by atoms with Crippen LogP contribution in [-0.2, 0) is 10.2 Å². The molecule has 1 saturated carbocycles. The lowest BCUT2D eigenvalue weighted by Gasteiger charge is -2.28. The van der Waals surface area contributed by atoms with Crippen LogP contribution in [0.1, 0.15) is 31.2 Å². The molecule has 0 atom stereocenters. The van der Waals surface area contributed by atoms with E-state index in [0.717, 1.165) is 37.0 Å². The van der Waals surface area contributed by atoms with Crippen LogP contribution in [0, 0.1) is 0 Å². The zero-order valence-electron chi connectivity index (χ0n) is 15.2. The van der Waals surface area contributed by atoms with E-state index < -0.39 is 5.41 Å². The largest absolute Gasteiger partial charge is 0.455 e. The van der Waals surface area contributed by atoms with Crippen LogP contribution >= 0.6 is 0 Å². The van der Waals surface area contributed by atoms with Gasteiger partial charge in [0, 0.05) is 0 Å². The van der Waals surface area contributed by atoms with Crippen molar-refractivity contribution in [2.75, 3.05) is 5.32 Å². The number of ether oxygens (including phenoxy) is 1. The van der Waals surface area contributed by atoms with E-state index in [1.165, 1.54) is 0 Å². The summed E-state index contributed by atoms with van der Waals surface area (Å²) in [5.41, 5.74) is 1.34. The highest BCUT2D eigenvalue weighted by Crippen LogP contribution is 2.42. The van der Waals surface area contributed by atoms with Crippen molar-refractivity contribution in [3.8, 4) is 11.5 Å².